The van der Waals surface area contributed by atoms with Crippen molar-refractivity contribution in [2.75, 3.05) is 6.54 Å². The molecular weight excluding hydrogens is 236 g/mol. The van der Waals surface area contributed by atoms with Crippen LogP contribution in [0.25, 0.3) is 0 Å². The van der Waals surface area contributed by atoms with Crippen molar-refractivity contribution in [1.82, 2.24) is 5.32 Å². The van der Waals surface area contributed by atoms with Crippen LogP contribution in [-0.2, 0) is 4.79 Å². The molecule has 3 saturated carbocycles. The predicted octanol–water partition coefficient (Wildman–Crippen LogP) is 2.45. The lowest BCUT2D eigenvalue weighted by Crippen LogP contribution is -2.32. The molecule has 3 N–H and O–H groups in total. The van der Waals surface area contributed by atoms with Crippen LogP contribution in [0.1, 0.15) is 57.8 Å². The van der Waals surface area contributed by atoms with Crippen molar-refractivity contribution in [2.45, 2.75) is 63.8 Å². The number of rotatable bonds is 5. The molecule has 19 heavy (non-hydrogen) atoms. The molecule has 0 radical (unpaired) electrons. The van der Waals surface area contributed by atoms with Crippen LogP contribution in [0, 0.1) is 23.7 Å². The van der Waals surface area contributed by atoms with Crippen molar-refractivity contribution >= 4 is 5.91 Å². The number of carbonyl (C=O) groups is 1. The second-order valence-electron chi connectivity index (χ2n) is 7.13. The quantitative estimate of drug-likeness (QED) is 0.801. The van der Waals surface area contributed by atoms with Gasteiger partial charge in [0.05, 0.1) is 0 Å². The van der Waals surface area contributed by atoms with E-state index < -0.39 is 0 Å². The topological polar surface area (TPSA) is 55.1 Å². The van der Waals surface area contributed by atoms with Gasteiger partial charge in [-0.1, -0.05) is 12.8 Å². The zero-order chi connectivity index (χ0) is 13.2. The van der Waals surface area contributed by atoms with Crippen LogP contribution in [0.5, 0.6) is 0 Å². The molecule has 0 heterocycles. The number of hydrogen-bond acceptors (Lipinski definition) is 2. The van der Waals surface area contributed by atoms with Gasteiger partial charge in [-0.25, -0.2) is 0 Å². The normalized spacial score (nSPS) is 40.8. The number of amides is 1. The Hall–Kier alpha value is -0.570. The van der Waals surface area contributed by atoms with Gasteiger partial charge >= 0.3 is 0 Å². The highest BCUT2D eigenvalue weighted by molar-refractivity contribution is 5.76. The third-order valence-electron chi connectivity index (χ3n) is 5.89. The van der Waals surface area contributed by atoms with Gasteiger partial charge in [-0.3, -0.25) is 4.79 Å². The molecule has 108 valence electrons. The largest absolute Gasteiger partial charge is 0.356 e. The summed E-state index contributed by atoms with van der Waals surface area (Å²) in [5.74, 6) is 3.55. The first kappa shape index (κ1) is 13.4. The summed E-state index contributed by atoms with van der Waals surface area (Å²) < 4.78 is 0. The Kier molecular flexibility index (Phi) is 4.11. The fourth-order valence-electron chi connectivity index (χ4n) is 4.76. The molecule has 0 aromatic heterocycles. The standard InChI is InChI=1S/C16H28N2O/c17-15-3-1-2-14(15)10-16(19)18-7-6-13-9-11-4-5-12(13)8-11/h11-15H,1-10,17H2,(H,18,19)/t11?,12?,13?,14-,15+/m0/s1. The highest BCUT2D eigenvalue weighted by atomic mass is 16.1. The van der Waals surface area contributed by atoms with Gasteiger partial charge in [-0.15, -0.1) is 0 Å². The van der Waals surface area contributed by atoms with E-state index in [0.717, 1.165) is 37.1 Å². The first-order chi connectivity index (χ1) is 9.22. The summed E-state index contributed by atoms with van der Waals surface area (Å²) >= 11 is 0. The van der Waals surface area contributed by atoms with E-state index in [-0.39, 0.29) is 11.9 Å². The third kappa shape index (κ3) is 3.13. The monoisotopic (exact) mass is 264 g/mol. The second kappa shape index (κ2) is 5.82. The minimum atomic E-state index is 0.227. The third-order valence-corrected chi connectivity index (χ3v) is 5.89. The Bertz CT molecular complexity index is 331. The van der Waals surface area contributed by atoms with Gasteiger partial charge < -0.3 is 11.1 Å². The minimum Gasteiger partial charge on any atom is -0.356 e. The number of carbonyl (C=O) groups excluding carboxylic acids is 1. The zero-order valence-corrected chi connectivity index (χ0v) is 11.9. The molecule has 3 fully saturated rings. The van der Waals surface area contributed by atoms with Crippen LogP contribution >= 0.6 is 0 Å². The lowest BCUT2D eigenvalue weighted by Gasteiger charge is -2.22. The minimum absolute atomic E-state index is 0.227. The van der Waals surface area contributed by atoms with Crippen molar-refractivity contribution in [3.63, 3.8) is 0 Å². The summed E-state index contributed by atoms with van der Waals surface area (Å²) in [7, 11) is 0. The summed E-state index contributed by atoms with van der Waals surface area (Å²) in [5.41, 5.74) is 6.02. The van der Waals surface area contributed by atoms with Crippen LogP contribution in [0.3, 0.4) is 0 Å². The Morgan fingerprint density at radius 2 is 2.00 bits per heavy atom. The lowest BCUT2D eigenvalue weighted by atomic mass is 9.86. The van der Waals surface area contributed by atoms with Gasteiger partial charge in [0.2, 0.25) is 5.91 Å². The van der Waals surface area contributed by atoms with Crippen molar-refractivity contribution in [3.8, 4) is 0 Å². The Balaban J connectivity index is 1.32. The van der Waals surface area contributed by atoms with Crippen LogP contribution in [0.15, 0.2) is 0 Å². The molecule has 2 bridgehead atoms. The summed E-state index contributed by atoms with van der Waals surface area (Å²) in [4.78, 5) is 11.9. The molecular formula is C16H28N2O. The summed E-state index contributed by atoms with van der Waals surface area (Å²) in [5, 5.41) is 3.12. The average molecular weight is 264 g/mol. The predicted molar refractivity (Wildman–Crippen MR) is 76.5 cm³/mol. The molecule has 5 atom stereocenters. The molecule has 3 aliphatic carbocycles. The molecule has 0 aromatic carbocycles. The van der Waals surface area contributed by atoms with Crippen LogP contribution in [-0.4, -0.2) is 18.5 Å². The number of hydrogen-bond donors (Lipinski definition) is 2. The molecule has 3 nitrogen and oxygen atoms in total. The molecule has 0 spiro atoms. The Morgan fingerprint density at radius 3 is 2.63 bits per heavy atom. The molecule has 3 aliphatic rings. The van der Waals surface area contributed by atoms with E-state index in [1.54, 1.807) is 0 Å². The highest BCUT2D eigenvalue weighted by Gasteiger charge is 2.38. The van der Waals surface area contributed by atoms with Crippen LogP contribution in [0.4, 0.5) is 0 Å². The molecule has 3 rings (SSSR count). The first-order valence-electron chi connectivity index (χ1n) is 8.24. The van der Waals surface area contributed by atoms with Crippen molar-refractivity contribution in [3.05, 3.63) is 0 Å². The van der Waals surface area contributed by atoms with Gasteiger partial charge in [0.1, 0.15) is 0 Å². The van der Waals surface area contributed by atoms with Crippen molar-refractivity contribution in [2.24, 2.45) is 29.4 Å². The second-order valence-corrected chi connectivity index (χ2v) is 7.13. The number of nitrogens with two attached hydrogens (primary N) is 1. The molecule has 1 amide bonds. The fraction of sp³-hybridized carbons (Fsp3) is 0.938. The maximum absolute atomic E-state index is 11.9. The van der Waals surface area contributed by atoms with E-state index in [2.05, 4.69) is 5.32 Å². The summed E-state index contributed by atoms with van der Waals surface area (Å²) in [6, 6.07) is 0.260. The molecule has 3 unspecified atom stereocenters. The Morgan fingerprint density at radius 1 is 1.11 bits per heavy atom. The summed E-state index contributed by atoms with van der Waals surface area (Å²) in [6.45, 7) is 0.884. The summed E-state index contributed by atoms with van der Waals surface area (Å²) in [6.07, 6.45) is 11.1. The average Bonchev–Trinajstić information content (AvgIpc) is 3.07. The number of fused-ring (bicyclic) bond motifs is 2. The lowest BCUT2D eigenvalue weighted by molar-refractivity contribution is -0.122. The first-order valence-corrected chi connectivity index (χ1v) is 8.24. The molecule has 3 heteroatoms. The van der Waals surface area contributed by atoms with Gasteiger partial charge in [0.15, 0.2) is 0 Å². The maximum Gasteiger partial charge on any atom is 0.220 e. The smallest absolute Gasteiger partial charge is 0.220 e. The van der Waals surface area contributed by atoms with E-state index in [9.17, 15) is 4.79 Å². The van der Waals surface area contributed by atoms with Crippen LogP contribution in [0.2, 0.25) is 0 Å². The number of nitrogens with one attached hydrogen (secondary N) is 1. The van der Waals surface area contributed by atoms with Crippen LogP contribution < -0.4 is 11.1 Å². The molecule has 0 aromatic rings. The van der Waals surface area contributed by atoms with E-state index in [1.807, 2.05) is 0 Å². The fourth-order valence-corrected chi connectivity index (χ4v) is 4.76. The van der Waals surface area contributed by atoms with Gasteiger partial charge in [-0.05, 0) is 62.2 Å². The maximum atomic E-state index is 11.9. The van der Waals surface area contributed by atoms with Gasteiger partial charge in [0, 0.05) is 19.0 Å². The van der Waals surface area contributed by atoms with E-state index >= 15 is 0 Å². The van der Waals surface area contributed by atoms with E-state index in [4.69, 9.17) is 5.73 Å². The van der Waals surface area contributed by atoms with Gasteiger partial charge in [0.25, 0.3) is 0 Å². The highest BCUT2D eigenvalue weighted by Crippen LogP contribution is 2.49. The SMILES string of the molecule is N[C@@H]1CCC[C@H]1CC(=O)NCCC1CC2CCC1C2. The van der Waals surface area contributed by atoms with E-state index in [1.165, 1.54) is 38.5 Å². The molecule has 0 aliphatic heterocycles. The Labute approximate surface area is 116 Å². The van der Waals surface area contributed by atoms with Gasteiger partial charge in [-0.2, -0.15) is 0 Å². The van der Waals surface area contributed by atoms with E-state index in [0.29, 0.717) is 12.3 Å². The molecule has 0 saturated heterocycles. The van der Waals surface area contributed by atoms with Crippen molar-refractivity contribution < 1.29 is 4.79 Å². The zero-order valence-electron chi connectivity index (χ0n) is 11.9. The van der Waals surface area contributed by atoms with Crippen molar-refractivity contribution in [1.29, 1.82) is 0 Å².